The molecule has 0 aliphatic carbocycles. The number of guanidine groups is 1. The van der Waals surface area contributed by atoms with Crippen molar-refractivity contribution in [3.05, 3.63) is 41.4 Å². The van der Waals surface area contributed by atoms with E-state index in [0.29, 0.717) is 17.4 Å². The topological polar surface area (TPSA) is 61.8 Å². The zero-order valence-corrected chi connectivity index (χ0v) is 18.8. The maximum atomic E-state index is 12.3. The van der Waals surface area contributed by atoms with Gasteiger partial charge in [0, 0.05) is 31.7 Å². The molecule has 0 saturated heterocycles. The number of benzene rings is 1. The third-order valence-corrected chi connectivity index (χ3v) is 5.56. The summed E-state index contributed by atoms with van der Waals surface area (Å²) in [5.74, 6) is 0.716. The first-order valence-corrected chi connectivity index (χ1v) is 9.86. The molecule has 0 saturated carbocycles. The van der Waals surface area contributed by atoms with Gasteiger partial charge in [-0.2, -0.15) is 0 Å². The van der Waals surface area contributed by atoms with Gasteiger partial charge < -0.3 is 10.2 Å². The Labute approximate surface area is 170 Å². The molecule has 0 fully saturated rings. The summed E-state index contributed by atoms with van der Waals surface area (Å²) < 4.78 is 25.4. The Balaban J connectivity index is 0.00000529. The van der Waals surface area contributed by atoms with Gasteiger partial charge in [-0.1, -0.05) is 22.0 Å². The Bertz CT molecular complexity index is 633. The Morgan fingerprint density at radius 1 is 1.38 bits per heavy atom. The van der Waals surface area contributed by atoms with E-state index < -0.39 is 9.84 Å². The lowest BCUT2D eigenvalue weighted by Gasteiger charge is -2.21. The number of nitrogens with one attached hydrogen (secondary N) is 1. The maximum Gasteiger partial charge on any atom is 0.193 e. The number of hydrogen-bond donors (Lipinski definition) is 1. The zero-order chi connectivity index (χ0) is 17.3. The zero-order valence-electron chi connectivity index (χ0n) is 14.0. The molecule has 136 valence electrons. The van der Waals surface area contributed by atoms with Crippen LogP contribution in [0.15, 0.2) is 51.3 Å². The van der Waals surface area contributed by atoms with Crippen LogP contribution in [0.2, 0.25) is 0 Å². The first kappa shape index (κ1) is 23.4. The second-order valence-electron chi connectivity index (χ2n) is 5.10. The van der Waals surface area contributed by atoms with Gasteiger partial charge in [-0.3, -0.25) is 4.99 Å². The van der Waals surface area contributed by atoms with E-state index in [2.05, 4.69) is 32.8 Å². The van der Waals surface area contributed by atoms with E-state index in [9.17, 15) is 8.42 Å². The molecule has 0 amide bonds. The average Bonchev–Trinajstić information content (AvgIpc) is 2.52. The van der Waals surface area contributed by atoms with Crippen molar-refractivity contribution in [1.82, 2.24) is 10.2 Å². The molecule has 5 nitrogen and oxygen atoms in total. The summed E-state index contributed by atoms with van der Waals surface area (Å²) in [6, 6.07) is 6.67. The molecule has 8 heteroatoms. The van der Waals surface area contributed by atoms with Gasteiger partial charge in [0.05, 0.1) is 10.6 Å². The van der Waals surface area contributed by atoms with Crippen molar-refractivity contribution in [3.63, 3.8) is 0 Å². The Hall–Kier alpha value is -0.610. The molecule has 1 rings (SSSR count). The normalized spacial score (nSPS) is 11.5. The van der Waals surface area contributed by atoms with Crippen molar-refractivity contribution in [2.45, 2.75) is 17.7 Å². The Morgan fingerprint density at radius 2 is 2.00 bits per heavy atom. The van der Waals surface area contributed by atoms with Gasteiger partial charge in [-0.25, -0.2) is 8.42 Å². The summed E-state index contributed by atoms with van der Waals surface area (Å²) in [6.07, 6.45) is 3.81. The van der Waals surface area contributed by atoms with Gasteiger partial charge in [-0.15, -0.1) is 30.6 Å². The summed E-state index contributed by atoms with van der Waals surface area (Å²) in [7, 11) is 0.325. The Morgan fingerprint density at radius 3 is 2.54 bits per heavy atom. The highest BCUT2D eigenvalue weighted by molar-refractivity contribution is 14.0. The van der Waals surface area contributed by atoms with E-state index in [1.165, 1.54) is 0 Å². The number of unbranched alkanes of at least 4 members (excludes halogenated alkanes) is 1. The Kier molecular flexibility index (Phi) is 11.6. The molecule has 0 atom stereocenters. The van der Waals surface area contributed by atoms with Crippen LogP contribution in [0.4, 0.5) is 0 Å². The number of sulfone groups is 1. The molecule has 0 aromatic heterocycles. The number of hydrogen-bond acceptors (Lipinski definition) is 3. The molecule has 1 aromatic rings. The van der Waals surface area contributed by atoms with Crippen LogP contribution in [0.5, 0.6) is 0 Å². The van der Waals surface area contributed by atoms with Crippen molar-refractivity contribution in [1.29, 1.82) is 0 Å². The smallest absolute Gasteiger partial charge is 0.193 e. The first-order chi connectivity index (χ1) is 10.9. The molecule has 0 aliphatic rings. The quantitative estimate of drug-likeness (QED) is 0.184. The summed E-state index contributed by atoms with van der Waals surface area (Å²) >= 11 is 3.30. The van der Waals surface area contributed by atoms with Gasteiger partial charge in [-0.05, 0) is 37.1 Å². The third-order valence-electron chi connectivity index (χ3n) is 3.30. The molecule has 0 spiro atoms. The SMILES string of the molecule is C=CCCCN(C)C(=NC)NCCS(=O)(=O)c1ccc(Br)cc1.I. The fourth-order valence-electron chi connectivity index (χ4n) is 2.02. The third kappa shape index (κ3) is 7.98. The summed E-state index contributed by atoms with van der Waals surface area (Å²) in [5.41, 5.74) is 0. The molecule has 24 heavy (non-hydrogen) atoms. The molecule has 1 aromatic carbocycles. The van der Waals surface area contributed by atoms with E-state index in [4.69, 9.17) is 0 Å². The van der Waals surface area contributed by atoms with Gasteiger partial charge in [0.15, 0.2) is 15.8 Å². The first-order valence-electron chi connectivity index (χ1n) is 7.41. The molecule has 0 unspecified atom stereocenters. The second kappa shape index (κ2) is 11.9. The van der Waals surface area contributed by atoms with E-state index in [-0.39, 0.29) is 29.7 Å². The van der Waals surface area contributed by atoms with Crippen LogP contribution in [-0.4, -0.2) is 52.2 Å². The van der Waals surface area contributed by atoms with Crippen LogP contribution in [0.1, 0.15) is 12.8 Å². The summed E-state index contributed by atoms with van der Waals surface area (Å²) in [5, 5.41) is 3.10. The van der Waals surface area contributed by atoms with E-state index in [1.54, 1.807) is 31.3 Å². The second-order valence-corrected chi connectivity index (χ2v) is 8.12. The summed E-state index contributed by atoms with van der Waals surface area (Å²) in [4.78, 5) is 6.49. The predicted molar refractivity (Wildman–Crippen MR) is 115 cm³/mol. The van der Waals surface area contributed by atoms with Crippen LogP contribution < -0.4 is 5.32 Å². The summed E-state index contributed by atoms with van der Waals surface area (Å²) in [6.45, 7) is 4.85. The van der Waals surface area contributed by atoms with Crippen LogP contribution >= 0.6 is 39.9 Å². The van der Waals surface area contributed by atoms with Gasteiger partial charge in [0.2, 0.25) is 0 Å². The maximum absolute atomic E-state index is 12.3. The number of allylic oxidation sites excluding steroid dienone is 1. The van der Waals surface area contributed by atoms with Gasteiger partial charge in [0.1, 0.15) is 0 Å². The van der Waals surface area contributed by atoms with Crippen molar-refractivity contribution in [3.8, 4) is 0 Å². The molecule has 0 bridgehead atoms. The van der Waals surface area contributed by atoms with Gasteiger partial charge in [0.25, 0.3) is 0 Å². The molecule has 1 N–H and O–H groups in total. The van der Waals surface area contributed by atoms with E-state index in [0.717, 1.165) is 23.9 Å². The largest absolute Gasteiger partial charge is 0.355 e. The lowest BCUT2D eigenvalue weighted by Crippen LogP contribution is -2.41. The van der Waals surface area contributed by atoms with Crippen molar-refractivity contribution in [2.75, 3.05) is 32.9 Å². The van der Waals surface area contributed by atoms with Crippen LogP contribution in [0, 0.1) is 0 Å². The average molecular weight is 530 g/mol. The van der Waals surface area contributed by atoms with Crippen molar-refractivity contribution >= 4 is 55.7 Å². The number of aliphatic imine (C=N–C) groups is 1. The van der Waals surface area contributed by atoms with E-state index >= 15 is 0 Å². The standard InChI is InChI=1S/C16H24BrN3O2S.HI/c1-4-5-6-12-20(3)16(18-2)19-11-13-23(21,22)15-9-7-14(17)8-10-15;/h4,7-10H,1,5-6,11-13H2,2-3H3,(H,18,19);1H. The fraction of sp³-hybridized carbons (Fsp3) is 0.438. The highest BCUT2D eigenvalue weighted by Crippen LogP contribution is 2.15. The lowest BCUT2D eigenvalue weighted by atomic mass is 10.3. The van der Waals surface area contributed by atoms with Gasteiger partial charge >= 0.3 is 0 Å². The lowest BCUT2D eigenvalue weighted by molar-refractivity contribution is 0.471. The van der Waals surface area contributed by atoms with Crippen molar-refractivity contribution < 1.29 is 8.42 Å². The molecular weight excluding hydrogens is 505 g/mol. The minimum absolute atomic E-state index is 0. The number of halogens is 2. The monoisotopic (exact) mass is 529 g/mol. The number of rotatable bonds is 8. The van der Waals surface area contributed by atoms with Crippen LogP contribution in [-0.2, 0) is 9.84 Å². The van der Waals surface area contributed by atoms with E-state index in [1.807, 2.05) is 18.0 Å². The highest BCUT2D eigenvalue weighted by Gasteiger charge is 2.14. The minimum Gasteiger partial charge on any atom is -0.355 e. The molecule has 0 heterocycles. The van der Waals surface area contributed by atoms with Crippen LogP contribution in [0.3, 0.4) is 0 Å². The minimum atomic E-state index is -3.30. The van der Waals surface area contributed by atoms with Crippen LogP contribution in [0.25, 0.3) is 0 Å². The highest BCUT2D eigenvalue weighted by atomic mass is 127. The molecule has 0 radical (unpaired) electrons. The molecular formula is C16H25BrIN3O2S. The van der Waals surface area contributed by atoms with Crippen molar-refractivity contribution in [2.24, 2.45) is 4.99 Å². The molecule has 0 aliphatic heterocycles. The fourth-order valence-corrected chi connectivity index (χ4v) is 3.44. The number of nitrogens with zero attached hydrogens (tertiary/aromatic N) is 2. The predicted octanol–water partition coefficient (Wildman–Crippen LogP) is 3.31.